The Balaban J connectivity index is 1.82. The van der Waals surface area contributed by atoms with Crippen LogP contribution in [0.2, 0.25) is 0 Å². The number of benzene rings is 2. The maximum absolute atomic E-state index is 13.2. The molecule has 5 nitrogen and oxygen atoms in total. The van der Waals surface area contributed by atoms with Crippen molar-refractivity contribution in [3.63, 3.8) is 0 Å². The molecule has 3 aromatic rings. The molecule has 0 saturated carbocycles. The standard InChI is InChI=1S/C23H25N3O2S/c1-15(2)20-13-17(16-9-5-6-10-18(16)24-20)23(28)26(3)14-22(27)25-19-11-7-8-12-21(19)29-4/h5-13,15H,14H2,1-4H3,(H,25,27). The quantitative estimate of drug-likeness (QED) is 0.597. The molecule has 0 bridgehead atoms. The van der Waals surface area contributed by atoms with Crippen LogP contribution in [-0.2, 0) is 4.79 Å². The van der Waals surface area contributed by atoms with E-state index in [-0.39, 0.29) is 24.3 Å². The summed E-state index contributed by atoms with van der Waals surface area (Å²) >= 11 is 1.56. The minimum atomic E-state index is -0.232. The number of nitrogens with one attached hydrogen (secondary N) is 1. The van der Waals surface area contributed by atoms with Crippen LogP contribution in [0.25, 0.3) is 10.9 Å². The van der Waals surface area contributed by atoms with Crippen LogP contribution < -0.4 is 5.32 Å². The number of carbonyl (C=O) groups is 2. The summed E-state index contributed by atoms with van der Waals surface area (Å²) in [6, 6.07) is 17.1. The monoisotopic (exact) mass is 407 g/mol. The molecule has 2 aromatic carbocycles. The highest BCUT2D eigenvalue weighted by atomic mass is 32.2. The zero-order valence-corrected chi connectivity index (χ0v) is 17.9. The first-order valence-corrected chi connectivity index (χ1v) is 10.7. The molecular weight excluding hydrogens is 382 g/mol. The summed E-state index contributed by atoms with van der Waals surface area (Å²) in [5, 5.41) is 3.69. The van der Waals surface area contributed by atoms with E-state index in [0.29, 0.717) is 5.56 Å². The molecule has 1 N–H and O–H groups in total. The average Bonchev–Trinajstić information content (AvgIpc) is 2.72. The lowest BCUT2D eigenvalue weighted by atomic mass is 10.0. The predicted molar refractivity (Wildman–Crippen MR) is 120 cm³/mol. The van der Waals surface area contributed by atoms with Crippen LogP contribution in [0.3, 0.4) is 0 Å². The fraction of sp³-hybridized carbons (Fsp3) is 0.261. The molecule has 0 aliphatic carbocycles. The number of pyridine rings is 1. The first-order chi connectivity index (χ1) is 13.9. The Labute approximate surface area is 175 Å². The molecule has 0 aliphatic heterocycles. The van der Waals surface area contributed by atoms with Gasteiger partial charge in [-0.25, -0.2) is 0 Å². The van der Waals surface area contributed by atoms with Gasteiger partial charge in [0, 0.05) is 23.0 Å². The lowest BCUT2D eigenvalue weighted by molar-refractivity contribution is -0.116. The summed E-state index contributed by atoms with van der Waals surface area (Å²) in [5.41, 5.74) is 2.97. The Morgan fingerprint density at radius 2 is 1.79 bits per heavy atom. The molecule has 0 saturated heterocycles. The summed E-state index contributed by atoms with van der Waals surface area (Å²) < 4.78 is 0. The molecule has 6 heteroatoms. The highest BCUT2D eigenvalue weighted by Gasteiger charge is 2.20. The Kier molecular flexibility index (Phi) is 6.54. The van der Waals surface area contributed by atoms with Crippen molar-refractivity contribution in [1.82, 2.24) is 9.88 Å². The molecule has 0 atom stereocenters. The highest BCUT2D eigenvalue weighted by molar-refractivity contribution is 7.98. The normalized spacial score (nSPS) is 10.9. The Morgan fingerprint density at radius 3 is 2.52 bits per heavy atom. The zero-order valence-electron chi connectivity index (χ0n) is 17.1. The highest BCUT2D eigenvalue weighted by Crippen LogP contribution is 2.25. The molecule has 150 valence electrons. The lowest BCUT2D eigenvalue weighted by Gasteiger charge is -2.19. The van der Waals surface area contributed by atoms with Gasteiger partial charge in [0.25, 0.3) is 5.91 Å². The van der Waals surface area contributed by atoms with Crippen molar-refractivity contribution in [1.29, 1.82) is 0 Å². The second-order valence-electron chi connectivity index (χ2n) is 7.18. The summed E-state index contributed by atoms with van der Waals surface area (Å²) in [4.78, 5) is 32.8. The number of fused-ring (bicyclic) bond motifs is 1. The predicted octanol–water partition coefficient (Wildman–Crippen LogP) is 4.79. The van der Waals surface area contributed by atoms with E-state index < -0.39 is 0 Å². The van der Waals surface area contributed by atoms with Crippen molar-refractivity contribution in [2.75, 3.05) is 25.2 Å². The van der Waals surface area contributed by atoms with Crippen LogP contribution in [0.15, 0.2) is 59.5 Å². The van der Waals surface area contributed by atoms with Gasteiger partial charge in [-0.1, -0.05) is 44.2 Å². The molecule has 0 fully saturated rings. The minimum Gasteiger partial charge on any atom is -0.332 e. The van der Waals surface area contributed by atoms with E-state index in [1.165, 1.54) is 4.90 Å². The van der Waals surface area contributed by atoms with Crippen LogP contribution in [0.5, 0.6) is 0 Å². The number of para-hydroxylation sites is 2. The smallest absolute Gasteiger partial charge is 0.254 e. The molecule has 0 unspecified atom stereocenters. The third kappa shape index (κ3) is 4.77. The molecule has 1 heterocycles. The molecule has 0 aliphatic rings. The summed E-state index contributed by atoms with van der Waals surface area (Å²) in [5.74, 6) is -0.230. The number of anilines is 1. The molecule has 2 amide bonds. The van der Waals surface area contributed by atoms with Gasteiger partial charge in [-0.15, -0.1) is 11.8 Å². The largest absolute Gasteiger partial charge is 0.332 e. The van der Waals surface area contributed by atoms with Gasteiger partial charge in [-0.3, -0.25) is 14.6 Å². The summed E-state index contributed by atoms with van der Waals surface area (Å²) in [6.07, 6.45) is 1.96. The third-order valence-electron chi connectivity index (χ3n) is 4.67. The maximum atomic E-state index is 13.2. The van der Waals surface area contributed by atoms with Crippen molar-refractivity contribution in [3.05, 3.63) is 65.9 Å². The topological polar surface area (TPSA) is 62.3 Å². The van der Waals surface area contributed by atoms with Gasteiger partial charge >= 0.3 is 0 Å². The van der Waals surface area contributed by atoms with Gasteiger partial charge in [0.05, 0.1) is 23.3 Å². The fourth-order valence-electron chi connectivity index (χ4n) is 3.10. The number of rotatable bonds is 6. The number of thioether (sulfide) groups is 1. The van der Waals surface area contributed by atoms with Crippen LogP contribution in [0.1, 0.15) is 35.8 Å². The van der Waals surface area contributed by atoms with E-state index in [1.807, 2.05) is 74.7 Å². The number of aromatic nitrogens is 1. The minimum absolute atomic E-state index is 0.0325. The van der Waals surface area contributed by atoms with Crippen LogP contribution in [0, 0.1) is 0 Å². The Bertz CT molecular complexity index is 1050. The van der Waals surface area contributed by atoms with Crippen LogP contribution in [-0.4, -0.2) is 41.5 Å². The molecule has 0 spiro atoms. The first-order valence-electron chi connectivity index (χ1n) is 9.48. The van der Waals surface area contributed by atoms with Gasteiger partial charge in [0.2, 0.25) is 5.91 Å². The van der Waals surface area contributed by atoms with Gasteiger partial charge in [0.1, 0.15) is 0 Å². The summed E-state index contributed by atoms with van der Waals surface area (Å²) in [6.45, 7) is 4.06. The van der Waals surface area contributed by atoms with E-state index in [2.05, 4.69) is 10.3 Å². The third-order valence-corrected chi connectivity index (χ3v) is 5.46. The van der Waals surface area contributed by atoms with Gasteiger partial charge < -0.3 is 10.2 Å². The number of amides is 2. The van der Waals surface area contributed by atoms with E-state index in [1.54, 1.807) is 18.8 Å². The molecule has 1 aromatic heterocycles. The van der Waals surface area contributed by atoms with Crippen molar-refractivity contribution in [2.45, 2.75) is 24.7 Å². The Hall–Kier alpha value is -2.86. The average molecular weight is 408 g/mol. The SMILES string of the molecule is CSc1ccccc1NC(=O)CN(C)C(=O)c1cc(C(C)C)nc2ccccc12. The van der Waals surface area contributed by atoms with Crippen molar-refractivity contribution >= 4 is 40.2 Å². The number of likely N-dealkylation sites (N-methyl/N-ethyl adjacent to an activating group) is 1. The van der Waals surface area contributed by atoms with Gasteiger partial charge in [0.15, 0.2) is 0 Å². The van der Waals surface area contributed by atoms with Crippen molar-refractivity contribution in [2.24, 2.45) is 0 Å². The number of hydrogen-bond donors (Lipinski definition) is 1. The molecule has 0 radical (unpaired) electrons. The van der Waals surface area contributed by atoms with Crippen LogP contribution >= 0.6 is 11.8 Å². The van der Waals surface area contributed by atoms with Gasteiger partial charge in [-0.05, 0) is 36.4 Å². The van der Waals surface area contributed by atoms with E-state index >= 15 is 0 Å². The van der Waals surface area contributed by atoms with Crippen molar-refractivity contribution < 1.29 is 9.59 Å². The second kappa shape index (κ2) is 9.09. The summed E-state index contributed by atoms with van der Waals surface area (Å²) in [7, 11) is 1.65. The van der Waals surface area contributed by atoms with E-state index in [0.717, 1.165) is 27.2 Å². The Morgan fingerprint density at radius 1 is 1.10 bits per heavy atom. The first kappa shape index (κ1) is 20.9. The number of nitrogens with zero attached hydrogens (tertiary/aromatic N) is 2. The van der Waals surface area contributed by atoms with E-state index in [9.17, 15) is 9.59 Å². The van der Waals surface area contributed by atoms with E-state index in [4.69, 9.17) is 0 Å². The number of hydrogen-bond acceptors (Lipinski definition) is 4. The fourth-order valence-corrected chi connectivity index (χ4v) is 3.65. The van der Waals surface area contributed by atoms with Gasteiger partial charge in [-0.2, -0.15) is 0 Å². The van der Waals surface area contributed by atoms with Crippen LogP contribution in [0.4, 0.5) is 5.69 Å². The zero-order chi connectivity index (χ0) is 21.0. The lowest BCUT2D eigenvalue weighted by Crippen LogP contribution is -2.35. The second-order valence-corrected chi connectivity index (χ2v) is 8.02. The molecule has 3 rings (SSSR count). The number of carbonyl (C=O) groups excluding carboxylic acids is 2. The molecule has 29 heavy (non-hydrogen) atoms. The maximum Gasteiger partial charge on any atom is 0.254 e. The molecular formula is C23H25N3O2S. The van der Waals surface area contributed by atoms with Crippen molar-refractivity contribution in [3.8, 4) is 0 Å².